The predicted molar refractivity (Wildman–Crippen MR) is 86.3 cm³/mol. The fourth-order valence-electron chi connectivity index (χ4n) is 3.67. The number of aliphatic carboxylic acids is 1. The minimum Gasteiger partial charge on any atom is -0.480 e. The lowest BCUT2D eigenvalue weighted by molar-refractivity contribution is -0.144. The Balaban J connectivity index is 2.38. The van der Waals surface area contributed by atoms with E-state index in [0.29, 0.717) is 13.0 Å². The van der Waals surface area contributed by atoms with Gasteiger partial charge in [-0.3, -0.25) is 14.5 Å². The molecule has 2 rings (SSSR count). The lowest BCUT2D eigenvalue weighted by Gasteiger charge is -2.34. The van der Waals surface area contributed by atoms with Crippen LogP contribution in [0.5, 0.6) is 0 Å². The lowest BCUT2D eigenvalue weighted by Crippen LogP contribution is -2.44. The van der Waals surface area contributed by atoms with Crippen LogP contribution in [0.1, 0.15) is 58.8 Å². The first kappa shape index (κ1) is 16.7. The van der Waals surface area contributed by atoms with Gasteiger partial charge in [-0.05, 0) is 69.3 Å². The molecule has 1 N–H and O–H groups in total. The van der Waals surface area contributed by atoms with E-state index in [0.717, 1.165) is 47.2 Å². The van der Waals surface area contributed by atoms with Crippen LogP contribution in [0.15, 0.2) is 6.07 Å². The molecular formula is C18H25NO3. The quantitative estimate of drug-likeness (QED) is 0.867. The van der Waals surface area contributed by atoms with Gasteiger partial charge in [0.2, 0.25) is 0 Å². The third kappa shape index (κ3) is 3.22. The van der Waals surface area contributed by atoms with Gasteiger partial charge in [-0.1, -0.05) is 12.5 Å². The highest BCUT2D eigenvalue weighted by Gasteiger charge is 2.29. The smallest absolute Gasteiger partial charge is 0.320 e. The van der Waals surface area contributed by atoms with Crippen molar-refractivity contribution >= 4 is 11.8 Å². The van der Waals surface area contributed by atoms with Gasteiger partial charge in [-0.25, -0.2) is 0 Å². The van der Waals surface area contributed by atoms with Crippen molar-refractivity contribution in [3.63, 3.8) is 0 Å². The number of hydrogen-bond donors (Lipinski definition) is 1. The van der Waals surface area contributed by atoms with Crippen molar-refractivity contribution in [2.75, 3.05) is 6.54 Å². The van der Waals surface area contributed by atoms with Crippen molar-refractivity contribution in [2.24, 2.45) is 0 Å². The maximum absolute atomic E-state index is 11.9. The number of carboxylic acids is 1. The summed E-state index contributed by atoms with van der Waals surface area (Å²) in [7, 11) is 0. The standard InChI is InChI=1S/C18H25NO3/c1-11-9-12(2)17(14(4)20)13(3)15(11)10-19-8-6-5-7-16(19)18(21)22/h9,16H,5-8,10H2,1-4H3,(H,21,22). The summed E-state index contributed by atoms with van der Waals surface area (Å²) in [5.74, 6) is -0.668. The molecule has 1 aliphatic heterocycles. The van der Waals surface area contributed by atoms with E-state index in [2.05, 4.69) is 0 Å². The van der Waals surface area contributed by atoms with Crippen molar-refractivity contribution in [3.05, 3.63) is 33.9 Å². The molecule has 1 fully saturated rings. The Hall–Kier alpha value is -1.68. The van der Waals surface area contributed by atoms with Crippen LogP contribution in [0, 0.1) is 20.8 Å². The molecular weight excluding hydrogens is 278 g/mol. The Morgan fingerprint density at radius 1 is 1.23 bits per heavy atom. The summed E-state index contributed by atoms with van der Waals surface area (Å²) in [5, 5.41) is 9.42. The van der Waals surface area contributed by atoms with Crippen molar-refractivity contribution in [1.29, 1.82) is 0 Å². The van der Waals surface area contributed by atoms with E-state index in [4.69, 9.17) is 0 Å². The van der Waals surface area contributed by atoms with Gasteiger partial charge in [0.25, 0.3) is 0 Å². The summed E-state index contributed by atoms with van der Waals surface area (Å²) in [4.78, 5) is 25.4. The molecule has 1 saturated heterocycles. The number of rotatable bonds is 4. The zero-order valence-electron chi connectivity index (χ0n) is 13.9. The largest absolute Gasteiger partial charge is 0.480 e. The molecule has 1 aliphatic rings. The van der Waals surface area contributed by atoms with E-state index < -0.39 is 12.0 Å². The third-order valence-electron chi connectivity index (χ3n) is 4.74. The van der Waals surface area contributed by atoms with Crippen LogP contribution in [-0.4, -0.2) is 34.3 Å². The first-order valence-electron chi connectivity index (χ1n) is 7.90. The van der Waals surface area contributed by atoms with Gasteiger partial charge >= 0.3 is 5.97 Å². The van der Waals surface area contributed by atoms with E-state index >= 15 is 0 Å². The monoisotopic (exact) mass is 303 g/mol. The van der Waals surface area contributed by atoms with Gasteiger partial charge in [0.15, 0.2) is 5.78 Å². The fraction of sp³-hybridized carbons (Fsp3) is 0.556. The molecule has 1 aromatic carbocycles. The first-order valence-corrected chi connectivity index (χ1v) is 7.90. The molecule has 1 aromatic rings. The summed E-state index contributed by atoms with van der Waals surface area (Å²) in [5.41, 5.74) is 5.02. The highest BCUT2D eigenvalue weighted by atomic mass is 16.4. The number of carbonyl (C=O) groups is 2. The molecule has 0 spiro atoms. The number of hydrogen-bond acceptors (Lipinski definition) is 3. The Morgan fingerprint density at radius 3 is 2.50 bits per heavy atom. The van der Waals surface area contributed by atoms with Gasteiger partial charge in [-0.2, -0.15) is 0 Å². The molecule has 1 atom stereocenters. The normalized spacial score (nSPS) is 19.2. The van der Waals surface area contributed by atoms with Crippen LogP contribution in [0.4, 0.5) is 0 Å². The highest BCUT2D eigenvalue weighted by molar-refractivity contribution is 5.97. The number of benzene rings is 1. The maximum Gasteiger partial charge on any atom is 0.320 e. The third-order valence-corrected chi connectivity index (χ3v) is 4.74. The number of piperidine rings is 1. The van der Waals surface area contributed by atoms with Crippen LogP contribution in [0.2, 0.25) is 0 Å². The summed E-state index contributed by atoms with van der Waals surface area (Å²) < 4.78 is 0. The molecule has 1 unspecified atom stereocenters. The van der Waals surface area contributed by atoms with E-state index in [1.807, 2.05) is 31.7 Å². The predicted octanol–water partition coefficient (Wildman–Crippen LogP) is 3.25. The zero-order valence-corrected chi connectivity index (χ0v) is 13.9. The minimum atomic E-state index is -0.742. The number of carboxylic acid groups (broad SMARTS) is 1. The molecule has 4 heteroatoms. The second-order valence-electron chi connectivity index (χ2n) is 6.37. The Labute approximate surface area is 132 Å². The van der Waals surface area contributed by atoms with Gasteiger partial charge in [0, 0.05) is 12.1 Å². The molecule has 1 heterocycles. The van der Waals surface area contributed by atoms with E-state index in [1.165, 1.54) is 0 Å². The number of Topliss-reactive ketones (excluding diaryl/α,β-unsaturated/α-hetero) is 1. The second kappa shape index (κ2) is 6.61. The SMILES string of the molecule is CC(=O)c1c(C)cc(C)c(CN2CCCCC2C(=O)O)c1C. The molecule has 0 aromatic heterocycles. The molecule has 0 bridgehead atoms. The highest BCUT2D eigenvalue weighted by Crippen LogP contribution is 2.27. The zero-order chi connectivity index (χ0) is 16.4. The van der Waals surface area contributed by atoms with Gasteiger partial charge in [0.05, 0.1) is 0 Å². The van der Waals surface area contributed by atoms with Gasteiger partial charge in [0.1, 0.15) is 6.04 Å². The lowest BCUT2D eigenvalue weighted by atomic mass is 9.90. The molecule has 120 valence electrons. The minimum absolute atomic E-state index is 0.0738. The molecule has 0 radical (unpaired) electrons. The molecule has 0 amide bonds. The average molecular weight is 303 g/mol. The molecule has 4 nitrogen and oxygen atoms in total. The van der Waals surface area contributed by atoms with Crippen molar-refractivity contribution in [1.82, 2.24) is 4.90 Å². The summed E-state index contributed by atoms with van der Waals surface area (Å²) in [6.45, 7) is 8.98. The number of ketones is 1. The summed E-state index contributed by atoms with van der Waals surface area (Å²) in [6, 6.07) is 1.63. The summed E-state index contributed by atoms with van der Waals surface area (Å²) >= 11 is 0. The Kier molecular flexibility index (Phi) is 5.01. The van der Waals surface area contributed by atoms with Gasteiger partial charge < -0.3 is 5.11 Å². The number of likely N-dealkylation sites (tertiary alicyclic amines) is 1. The van der Waals surface area contributed by atoms with Crippen molar-refractivity contribution in [3.8, 4) is 0 Å². The van der Waals surface area contributed by atoms with Crippen LogP contribution >= 0.6 is 0 Å². The second-order valence-corrected chi connectivity index (χ2v) is 6.37. The topological polar surface area (TPSA) is 57.6 Å². The van der Waals surface area contributed by atoms with E-state index in [1.54, 1.807) is 6.92 Å². The summed E-state index contributed by atoms with van der Waals surface area (Å²) in [6.07, 6.45) is 2.71. The van der Waals surface area contributed by atoms with Gasteiger partial charge in [-0.15, -0.1) is 0 Å². The average Bonchev–Trinajstić information content (AvgIpc) is 2.43. The van der Waals surface area contributed by atoms with E-state index in [-0.39, 0.29) is 5.78 Å². The van der Waals surface area contributed by atoms with Crippen LogP contribution in [0.25, 0.3) is 0 Å². The number of carbonyl (C=O) groups excluding carboxylic acids is 1. The van der Waals surface area contributed by atoms with Crippen molar-refractivity contribution < 1.29 is 14.7 Å². The van der Waals surface area contributed by atoms with Crippen LogP contribution in [0.3, 0.4) is 0 Å². The maximum atomic E-state index is 11.9. The van der Waals surface area contributed by atoms with Crippen molar-refractivity contribution in [2.45, 2.75) is 59.5 Å². The number of aryl methyl sites for hydroxylation is 2. The molecule has 0 aliphatic carbocycles. The van der Waals surface area contributed by atoms with Crippen LogP contribution in [-0.2, 0) is 11.3 Å². The first-order chi connectivity index (χ1) is 10.3. The Morgan fingerprint density at radius 2 is 1.91 bits per heavy atom. The fourth-order valence-corrected chi connectivity index (χ4v) is 3.67. The molecule has 0 saturated carbocycles. The number of nitrogens with zero attached hydrogens (tertiary/aromatic N) is 1. The molecule has 22 heavy (non-hydrogen) atoms. The van der Waals surface area contributed by atoms with Crippen LogP contribution < -0.4 is 0 Å². The van der Waals surface area contributed by atoms with E-state index in [9.17, 15) is 14.7 Å². The Bertz CT molecular complexity index is 607.